The Balaban J connectivity index is 2.24. The van der Waals surface area contributed by atoms with E-state index >= 15 is 0 Å². The number of nitrogens with two attached hydrogens (primary N) is 1. The number of aryl methyl sites for hydroxylation is 1. The fourth-order valence-electron chi connectivity index (χ4n) is 1.89. The summed E-state index contributed by atoms with van der Waals surface area (Å²) in [5.41, 5.74) is 10.9. The summed E-state index contributed by atoms with van der Waals surface area (Å²) in [6, 6.07) is 17.0. The van der Waals surface area contributed by atoms with Crippen LogP contribution >= 0.6 is 0 Å². The Morgan fingerprint density at radius 1 is 0.938 bits per heavy atom. The van der Waals surface area contributed by atoms with Crippen LogP contribution in [0.15, 0.2) is 48.5 Å². The Hall–Kier alpha value is -1.60. The molecule has 2 aromatic carbocycles. The van der Waals surface area contributed by atoms with Crippen molar-refractivity contribution in [3.63, 3.8) is 0 Å². The first-order valence-electron chi connectivity index (χ1n) is 5.62. The van der Waals surface area contributed by atoms with Crippen molar-refractivity contribution >= 4 is 0 Å². The predicted octanol–water partition coefficient (Wildman–Crippen LogP) is 3.04. The van der Waals surface area contributed by atoms with Crippen LogP contribution in [0.4, 0.5) is 0 Å². The first-order chi connectivity index (χ1) is 7.79. The van der Waals surface area contributed by atoms with Gasteiger partial charge in [-0.25, -0.2) is 0 Å². The zero-order valence-electron chi connectivity index (χ0n) is 9.61. The summed E-state index contributed by atoms with van der Waals surface area (Å²) in [7, 11) is 0. The molecule has 2 aromatic rings. The van der Waals surface area contributed by atoms with E-state index in [1.54, 1.807) is 0 Å². The minimum Gasteiger partial charge on any atom is -0.326 e. The van der Waals surface area contributed by atoms with Gasteiger partial charge >= 0.3 is 0 Å². The van der Waals surface area contributed by atoms with E-state index < -0.39 is 0 Å². The third-order valence-electron chi connectivity index (χ3n) is 2.88. The van der Waals surface area contributed by atoms with Gasteiger partial charge in [0, 0.05) is 6.54 Å². The summed E-state index contributed by atoms with van der Waals surface area (Å²) in [4.78, 5) is 0. The van der Waals surface area contributed by atoms with Crippen LogP contribution in [0.1, 0.15) is 22.3 Å². The third kappa shape index (κ3) is 2.50. The molecule has 1 nitrogen and oxygen atoms in total. The van der Waals surface area contributed by atoms with Gasteiger partial charge in [0.15, 0.2) is 0 Å². The lowest BCUT2D eigenvalue weighted by Gasteiger charge is -2.06. The minimum atomic E-state index is 0.613. The topological polar surface area (TPSA) is 26.0 Å². The summed E-state index contributed by atoms with van der Waals surface area (Å²) in [6.45, 7) is 2.77. The molecule has 0 fully saturated rings. The second kappa shape index (κ2) is 4.95. The molecule has 0 heterocycles. The molecule has 0 aliphatic heterocycles. The summed E-state index contributed by atoms with van der Waals surface area (Å²) < 4.78 is 0. The van der Waals surface area contributed by atoms with Gasteiger partial charge in [0.2, 0.25) is 0 Å². The first-order valence-corrected chi connectivity index (χ1v) is 5.62. The molecule has 0 aliphatic rings. The van der Waals surface area contributed by atoms with Crippen LogP contribution in [0.25, 0.3) is 0 Å². The van der Waals surface area contributed by atoms with Gasteiger partial charge in [-0.15, -0.1) is 0 Å². The number of hydrogen-bond acceptors (Lipinski definition) is 1. The van der Waals surface area contributed by atoms with E-state index in [4.69, 9.17) is 5.73 Å². The van der Waals surface area contributed by atoms with Crippen LogP contribution in [0, 0.1) is 6.92 Å². The normalized spacial score (nSPS) is 10.4. The number of hydrogen-bond donors (Lipinski definition) is 1. The lowest BCUT2D eigenvalue weighted by atomic mass is 9.99. The SMILES string of the molecule is Cc1ccccc1Cc1cccc(CN)c1. The molecule has 82 valence electrons. The van der Waals surface area contributed by atoms with Gasteiger partial charge < -0.3 is 5.73 Å². The molecule has 16 heavy (non-hydrogen) atoms. The summed E-state index contributed by atoms with van der Waals surface area (Å²) in [6.07, 6.45) is 0.987. The molecule has 0 spiro atoms. The van der Waals surface area contributed by atoms with E-state index in [1.165, 1.54) is 22.3 Å². The average Bonchev–Trinajstić information content (AvgIpc) is 2.32. The van der Waals surface area contributed by atoms with E-state index in [1.807, 2.05) is 0 Å². The molecule has 0 saturated heterocycles. The van der Waals surface area contributed by atoms with E-state index in [0.29, 0.717) is 6.54 Å². The van der Waals surface area contributed by atoms with Crippen molar-refractivity contribution in [2.75, 3.05) is 0 Å². The molecular weight excluding hydrogens is 194 g/mol. The monoisotopic (exact) mass is 211 g/mol. The van der Waals surface area contributed by atoms with Crippen LogP contribution < -0.4 is 5.73 Å². The summed E-state index contributed by atoms with van der Waals surface area (Å²) in [5, 5.41) is 0. The molecular formula is C15H17N. The fourth-order valence-corrected chi connectivity index (χ4v) is 1.89. The van der Waals surface area contributed by atoms with Crippen LogP contribution in [0.5, 0.6) is 0 Å². The van der Waals surface area contributed by atoms with Crippen molar-refractivity contribution in [3.05, 3.63) is 70.8 Å². The fraction of sp³-hybridized carbons (Fsp3) is 0.200. The Kier molecular flexibility index (Phi) is 3.37. The van der Waals surface area contributed by atoms with Gasteiger partial charge in [-0.05, 0) is 35.6 Å². The standard InChI is InChI=1S/C15H17N/c1-12-5-2-3-8-15(12)10-13-6-4-7-14(9-13)11-16/h2-9H,10-11,16H2,1H3. The number of benzene rings is 2. The molecule has 0 radical (unpaired) electrons. The highest BCUT2D eigenvalue weighted by molar-refractivity contribution is 5.33. The molecule has 0 bridgehead atoms. The molecule has 0 unspecified atom stereocenters. The zero-order valence-corrected chi connectivity index (χ0v) is 9.61. The molecule has 2 rings (SSSR count). The maximum absolute atomic E-state index is 5.64. The van der Waals surface area contributed by atoms with Crippen LogP contribution in [0.2, 0.25) is 0 Å². The van der Waals surface area contributed by atoms with Gasteiger partial charge in [-0.2, -0.15) is 0 Å². The maximum Gasteiger partial charge on any atom is 0.0178 e. The molecule has 0 amide bonds. The molecule has 1 heteroatoms. The Morgan fingerprint density at radius 2 is 1.69 bits per heavy atom. The van der Waals surface area contributed by atoms with Crippen molar-refractivity contribution in [1.82, 2.24) is 0 Å². The van der Waals surface area contributed by atoms with E-state index in [9.17, 15) is 0 Å². The van der Waals surface area contributed by atoms with E-state index in [-0.39, 0.29) is 0 Å². The minimum absolute atomic E-state index is 0.613. The van der Waals surface area contributed by atoms with Gasteiger partial charge in [0.1, 0.15) is 0 Å². The molecule has 2 N–H and O–H groups in total. The summed E-state index contributed by atoms with van der Waals surface area (Å²) >= 11 is 0. The third-order valence-corrected chi connectivity index (χ3v) is 2.88. The van der Waals surface area contributed by atoms with Gasteiger partial charge in [0.25, 0.3) is 0 Å². The van der Waals surface area contributed by atoms with E-state index in [0.717, 1.165) is 6.42 Å². The van der Waals surface area contributed by atoms with Gasteiger partial charge in [0.05, 0.1) is 0 Å². The van der Waals surface area contributed by atoms with Crippen LogP contribution in [-0.4, -0.2) is 0 Å². The van der Waals surface area contributed by atoms with Crippen molar-refractivity contribution < 1.29 is 0 Å². The average molecular weight is 211 g/mol. The predicted molar refractivity (Wildman–Crippen MR) is 68.3 cm³/mol. The Bertz CT molecular complexity index is 474. The zero-order chi connectivity index (χ0) is 11.4. The van der Waals surface area contributed by atoms with Gasteiger partial charge in [-0.3, -0.25) is 0 Å². The molecule has 0 aromatic heterocycles. The lowest BCUT2D eigenvalue weighted by Crippen LogP contribution is -1.98. The quantitative estimate of drug-likeness (QED) is 0.829. The smallest absolute Gasteiger partial charge is 0.0178 e. The first kappa shape index (κ1) is 10.9. The number of rotatable bonds is 3. The van der Waals surface area contributed by atoms with Crippen molar-refractivity contribution in [3.8, 4) is 0 Å². The molecule has 0 atom stereocenters. The highest BCUT2D eigenvalue weighted by atomic mass is 14.5. The molecule has 0 aliphatic carbocycles. The Labute approximate surface area is 96.9 Å². The maximum atomic E-state index is 5.64. The largest absolute Gasteiger partial charge is 0.326 e. The van der Waals surface area contributed by atoms with Crippen LogP contribution in [0.3, 0.4) is 0 Å². The van der Waals surface area contributed by atoms with Gasteiger partial charge in [-0.1, -0.05) is 48.5 Å². The van der Waals surface area contributed by atoms with Crippen molar-refractivity contribution in [2.24, 2.45) is 5.73 Å². The lowest BCUT2D eigenvalue weighted by molar-refractivity contribution is 1.05. The van der Waals surface area contributed by atoms with E-state index in [2.05, 4.69) is 55.5 Å². The van der Waals surface area contributed by atoms with Crippen LogP contribution in [-0.2, 0) is 13.0 Å². The summed E-state index contributed by atoms with van der Waals surface area (Å²) in [5.74, 6) is 0. The second-order valence-corrected chi connectivity index (χ2v) is 4.13. The van der Waals surface area contributed by atoms with Crippen molar-refractivity contribution in [1.29, 1.82) is 0 Å². The highest BCUT2D eigenvalue weighted by Gasteiger charge is 1.99. The second-order valence-electron chi connectivity index (χ2n) is 4.13. The Morgan fingerprint density at radius 3 is 2.44 bits per heavy atom. The van der Waals surface area contributed by atoms with Crippen molar-refractivity contribution in [2.45, 2.75) is 19.9 Å². The molecule has 0 saturated carbocycles. The highest BCUT2D eigenvalue weighted by Crippen LogP contribution is 2.14.